The van der Waals surface area contributed by atoms with Crippen LogP contribution in [0.25, 0.3) is 0 Å². The van der Waals surface area contributed by atoms with Crippen molar-refractivity contribution >= 4 is 11.6 Å². The van der Waals surface area contributed by atoms with E-state index in [2.05, 4.69) is 5.32 Å². The molecule has 0 spiro atoms. The summed E-state index contributed by atoms with van der Waals surface area (Å²) in [5.74, 6) is 0.273. The van der Waals surface area contributed by atoms with Crippen LogP contribution < -0.4 is 15.8 Å². The van der Waals surface area contributed by atoms with E-state index >= 15 is 0 Å². The molecule has 0 saturated carbocycles. The molecule has 21 heavy (non-hydrogen) atoms. The third-order valence-electron chi connectivity index (χ3n) is 2.97. The van der Waals surface area contributed by atoms with Crippen molar-refractivity contribution in [3.05, 3.63) is 60.2 Å². The molecule has 0 bridgehead atoms. The first-order chi connectivity index (χ1) is 10.2. The van der Waals surface area contributed by atoms with E-state index in [9.17, 15) is 9.90 Å². The molecule has 4 N–H and O–H groups in total. The second-order valence-corrected chi connectivity index (χ2v) is 4.57. The van der Waals surface area contributed by atoms with Gasteiger partial charge in [0.25, 0.3) is 5.91 Å². The predicted octanol–water partition coefficient (Wildman–Crippen LogP) is 1.50. The van der Waals surface area contributed by atoms with E-state index in [1.165, 1.54) is 0 Å². The molecule has 2 rings (SSSR count). The van der Waals surface area contributed by atoms with Crippen molar-refractivity contribution in [1.82, 2.24) is 5.32 Å². The highest BCUT2D eigenvalue weighted by molar-refractivity contribution is 5.78. The molecule has 1 atom stereocenters. The lowest BCUT2D eigenvalue weighted by atomic mass is 10.1. The van der Waals surface area contributed by atoms with E-state index in [4.69, 9.17) is 10.5 Å². The minimum absolute atomic E-state index is 0.118. The van der Waals surface area contributed by atoms with E-state index in [1.807, 2.05) is 30.3 Å². The molecule has 0 aliphatic carbocycles. The lowest BCUT2D eigenvalue weighted by molar-refractivity contribution is -0.124. The van der Waals surface area contributed by atoms with Crippen molar-refractivity contribution in [2.75, 3.05) is 18.9 Å². The van der Waals surface area contributed by atoms with Gasteiger partial charge in [0.1, 0.15) is 5.75 Å². The van der Waals surface area contributed by atoms with Crippen LogP contribution in [0.4, 0.5) is 5.69 Å². The Hall–Kier alpha value is -2.53. The molecule has 0 aliphatic heterocycles. The number of carbonyl (C=O) groups excluding carboxylic acids is 1. The molecule has 0 aliphatic rings. The fraction of sp³-hybridized carbons (Fsp3) is 0.188. The number of nitrogens with two attached hydrogens (primary N) is 1. The summed E-state index contributed by atoms with van der Waals surface area (Å²) in [5, 5.41) is 12.1. The van der Waals surface area contributed by atoms with E-state index in [0.29, 0.717) is 11.4 Å². The van der Waals surface area contributed by atoms with E-state index in [-0.39, 0.29) is 19.1 Å². The topological polar surface area (TPSA) is 84.6 Å². The highest BCUT2D eigenvalue weighted by atomic mass is 16.5. The van der Waals surface area contributed by atoms with Crippen LogP contribution in [0.1, 0.15) is 11.6 Å². The van der Waals surface area contributed by atoms with Gasteiger partial charge < -0.3 is 20.9 Å². The first-order valence-electron chi connectivity index (χ1n) is 6.62. The molecule has 0 saturated heterocycles. The fourth-order valence-corrected chi connectivity index (χ4v) is 1.87. The molecule has 0 heterocycles. The largest absolute Gasteiger partial charge is 0.484 e. The van der Waals surface area contributed by atoms with Gasteiger partial charge >= 0.3 is 0 Å². The quantitative estimate of drug-likeness (QED) is 0.703. The summed E-state index contributed by atoms with van der Waals surface area (Å²) in [6, 6.07) is 15.7. The SMILES string of the molecule is Nc1ccc(OCC(=O)N[C@H](CO)c2ccccc2)cc1. The lowest BCUT2D eigenvalue weighted by Crippen LogP contribution is -2.34. The van der Waals surface area contributed by atoms with Gasteiger partial charge in [0.05, 0.1) is 12.6 Å². The van der Waals surface area contributed by atoms with Crippen LogP contribution in [0.3, 0.4) is 0 Å². The van der Waals surface area contributed by atoms with Gasteiger partial charge in [0.15, 0.2) is 6.61 Å². The number of aliphatic hydroxyl groups is 1. The van der Waals surface area contributed by atoms with Gasteiger partial charge in [-0.2, -0.15) is 0 Å². The third kappa shape index (κ3) is 4.50. The van der Waals surface area contributed by atoms with Crippen LogP contribution in [0.15, 0.2) is 54.6 Å². The molecule has 0 aromatic heterocycles. The first kappa shape index (κ1) is 14.9. The number of anilines is 1. The smallest absolute Gasteiger partial charge is 0.258 e. The Kier molecular flexibility index (Phi) is 5.17. The molecular formula is C16H18N2O3. The monoisotopic (exact) mass is 286 g/mol. The van der Waals surface area contributed by atoms with Crippen LogP contribution in [0.5, 0.6) is 5.75 Å². The molecule has 2 aromatic carbocycles. The summed E-state index contributed by atoms with van der Waals surface area (Å²) in [5.41, 5.74) is 7.05. The minimum atomic E-state index is -0.436. The fourth-order valence-electron chi connectivity index (χ4n) is 1.87. The lowest BCUT2D eigenvalue weighted by Gasteiger charge is -2.17. The normalized spacial score (nSPS) is 11.7. The zero-order valence-corrected chi connectivity index (χ0v) is 11.5. The van der Waals surface area contributed by atoms with Crippen molar-refractivity contribution in [3.63, 3.8) is 0 Å². The predicted molar refractivity (Wildman–Crippen MR) is 80.8 cm³/mol. The average Bonchev–Trinajstić information content (AvgIpc) is 2.53. The number of aliphatic hydroxyl groups excluding tert-OH is 1. The molecule has 110 valence electrons. The summed E-state index contributed by atoms with van der Waals surface area (Å²) < 4.78 is 5.35. The Morgan fingerprint density at radius 2 is 1.81 bits per heavy atom. The second-order valence-electron chi connectivity index (χ2n) is 4.57. The first-order valence-corrected chi connectivity index (χ1v) is 6.62. The van der Waals surface area contributed by atoms with Crippen molar-refractivity contribution in [2.24, 2.45) is 0 Å². The maximum absolute atomic E-state index is 11.9. The van der Waals surface area contributed by atoms with Gasteiger partial charge in [0, 0.05) is 5.69 Å². The Labute approximate surface area is 123 Å². The van der Waals surface area contributed by atoms with E-state index in [1.54, 1.807) is 24.3 Å². The number of hydrogen-bond donors (Lipinski definition) is 3. The van der Waals surface area contributed by atoms with Crippen molar-refractivity contribution < 1.29 is 14.6 Å². The highest BCUT2D eigenvalue weighted by Crippen LogP contribution is 2.14. The number of benzene rings is 2. The van der Waals surface area contributed by atoms with Crippen molar-refractivity contribution in [3.8, 4) is 5.75 Å². The molecule has 0 fully saturated rings. The number of ether oxygens (including phenoxy) is 1. The molecular weight excluding hydrogens is 268 g/mol. The maximum Gasteiger partial charge on any atom is 0.258 e. The number of hydrogen-bond acceptors (Lipinski definition) is 4. The maximum atomic E-state index is 11.9. The van der Waals surface area contributed by atoms with Gasteiger partial charge in [-0.3, -0.25) is 4.79 Å². The van der Waals surface area contributed by atoms with Crippen LogP contribution in [-0.4, -0.2) is 24.2 Å². The van der Waals surface area contributed by atoms with Gasteiger partial charge in [-0.25, -0.2) is 0 Å². The summed E-state index contributed by atoms with van der Waals surface area (Å²) in [7, 11) is 0. The van der Waals surface area contributed by atoms with Crippen LogP contribution in [-0.2, 0) is 4.79 Å². The van der Waals surface area contributed by atoms with Crippen LogP contribution >= 0.6 is 0 Å². The summed E-state index contributed by atoms with van der Waals surface area (Å²) in [6.45, 7) is -0.287. The highest BCUT2D eigenvalue weighted by Gasteiger charge is 2.13. The third-order valence-corrected chi connectivity index (χ3v) is 2.97. The van der Waals surface area contributed by atoms with Crippen LogP contribution in [0, 0.1) is 0 Å². The second kappa shape index (κ2) is 7.31. The summed E-state index contributed by atoms with van der Waals surface area (Å²) in [4.78, 5) is 11.9. The molecule has 0 radical (unpaired) electrons. The zero-order valence-electron chi connectivity index (χ0n) is 11.5. The van der Waals surface area contributed by atoms with Crippen molar-refractivity contribution in [1.29, 1.82) is 0 Å². The summed E-state index contributed by atoms with van der Waals surface area (Å²) in [6.07, 6.45) is 0. The van der Waals surface area contributed by atoms with E-state index in [0.717, 1.165) is 5.56 Å². The van der Waals surface area contributed by atoms with Gasteiger partial charge in [-0.1, -0.05) is 30.3 Å². The molecule has 5 heteroatoms. The average molecular weight is 286 g/mol. The number of rotatable bonds is 6. The zero-order chi connectivity index (χ0) is 15.1. The van der Waals surface area contributed by atoms with Crippen LogP contribution in [0.2, 0.25) is 0 Å². The van der Waals surface area contributed by atoms with Gasteiger partial charge in [0.2, 0.25) is 0 Å². The molecule has 2 aromatic rings. The van der Waals surface area contributed by atoms with Crippen molar-refractivity contribution in [2.45, 2.75) is 6.04 Å². The Morgan fingerprint density at radius 1 is 1.14 bits per heavy atom. The summed E-state index contributed by atoms with van der Waals surface area (Å²) >= 11 is 0. The minimum Gasteiger partial charge on any atom is -0.484 e. The molecule has 0 unspecified atom stereocenters. The standard InChI is InChI=1S/C16H18N2O3/c17-13-6-8-14(9-7-13)21-11-16(20)18-15(10-19)12-4-2-1-3-5-12/h1-9,15,19H,10-11,17H2,(H,18,20)/t15-/m1/s1. The number of nitrogens with one attached hydrogen (secondary N) is 1. The number of amides is 1. The van der Waals surface area contributed by atoms with Gasteiger partial charge in [-0.15, -0.1) is 0 Å². The molecule has 5 nitrogen and oxygen atoms in total. The van der Waals surface area contributed by atoms with Gasteiger partial charge in [-0.05, 0) is 29.8 Å². The number of carbonyl (C=O) groups is 1. The molecule has 1 amide bonds. The number of nitrogen functional groups attached to an aromatic ring is 1. The van der Waals surface area contributed by atoms with E-state index < -0.39 is 6.04 Å². The Morgan fingerprint density at radius 3 is 2.43 bits per heavy atom. The Bertz CT molecular complexity index is 570. The Balaban J connectivity index is 1.87.